The maximum Gasteiger partial charge on any atom is 0.253 e. The Morgan fingerprint density at radius 2 is 2.00 bits per heavy atom. The maximum atomic E-state index is 12.8. The van der Waals surface area contributed by atoms with E-state index in [4.69, 9.17) is 4.52 Å². The molecule has 92 valence electrons. The van der Waals surface area contributed by atoms with Crippen LogP contribution in [0.2, 0.25) is 0 Å². The number of hydrogen-bond donors (Lipinski definition) is 0. The summed E-state index contributed by atoms with van der Waals surface area (Å²) in [6, 6.07) is 9.89. The topological polar surface area (TPSA) is 29.5 Å². The van der Waals surface area contributed by atoms with Crippen molar-refractivity contribution in [2.24, 2.45) is 0 Å². The Kier molecular flexibility index (Phi) is 3.41. The first-order chi connectivity index (χ1) is 8.08. The molecule has 0 N–H and O–H groups in total. The summed E-state index contributed by atoms with van der Waals surface area (Å²) in [6.45, 7) is 4.32. The van der Waals surface area contributed by atoms with Gasteiger partial charge in [0, 0.05) is 18.6 Å². The lowest BCUT2D eigenvalue weighted by Crippen LogP contribution is -2.18. The molecule has 0 bridgehead atoms. The second-order valence-corrected chi connectivity index (χ2v) is 6.52. The Hall–Kier alpha value is -1.05. The second kappa shape index (κ2) is 4.67. The molecule has 2 atom stereocenters. The molecule has 0 amide bonds. The zero-order valence-electron chi connectivity index (χ0n) is 10.5. The molecule has 0 aromatic heterocycles. The van der Waals surface area contributed by atoms with Gasteiger partial charge in [-0.25, -0.2) is 0 Å². The van der Waals surface area contributed by atoms with Crippen molar-refractivity contribution in [3.05, 3.63) is 47.4 Å². The molecule has 0 saturated heterocycles. The Morgan fingerprint density at radius 3 is 2.59 bits per heavy atom. The average Bonchev–Trinajstić information content (AvgIpc) is 2.51. The van der Waals surface area contributed by atoms with Gasteiger partial charge in [0.1, 0.15) is 5.78 Å². The minimum absolute atomic E-state index is 0.177. The van der Waals surface area contributed by atoms with E-state index in [0.29, 0.717) is 6.61 Å². The first-order valence-electron chi connectivity index (χ1n) is 5.79. The van der Waals surface area contributed by atoms with Crippen molar-refractivity contribution in [3.63, 3.8) is 0 Å². The Morgan fingerprint density at radius 1 is 1.35 bits per heavy atom. The van der Waals surface area contributed by atoms with E-state index in [9.17, 15) is 4.57 Å². The number of allylic oxidation sites excluding steroid dienone is 1. The summed E-state index contributed by atoms with van der Waals surface area (Å²) in [5.74, 6) is 1.61. The van der Waals surface area contributed by atoms with E-state index in [0.717, 1.165) is 11.3 Å². The molecule has 0 radical (unpaired) electrons. The predicted octanol–water partition coefficient (Wildman–Crippen LogP) is 3.81. The quantitative estimate of drug-likeness (QED) is 0.765. The first-order valence-corrected chi connectivity index (χ1v) is 7.56. The van der Waals surface area contributed by atoms with Crippen LogP contribution in [-0.2, 0) is 9.09 Å². The van der Waals surface area contributed by atoms with Crippen molar-refractivity contribution >= 4 is 7.37 Å². The fourth-order valence-corrected chi connectivity index (χ4v) is 4.94. The maximum absolute atomic E-state index is 12.8. The third kappa shape index (κ3) is 2.18. The summed E-state index contributed by atoms with van der Waals surface area (Å²) in [5, 5.41) is 0. The van der Waals surface area contributed by atoms with Crippen molar-refractivity contribution in [2.45, 2.75) is 19.6 Å². The summed E-state index contributed by atoms with van der Waals surface area (Å²) < 4.78 is 18.4. The molecule has 0 fully saturated rings. The fraction of sp³-hybridized carbons (Fsp3) is 0.385. The molecular formula is C13H18NO2P. The van der Waals surface area contributed by atoms with Crippen LogP contribution in [0.15, 0.2) is 41.8 Å². The molecule has 0 unspecified atom stereocenters. The van der Waals surface area contributed by atoms with Crippen molar-refractivity contribution in [1.82, 2.24) is 4.90 Å². The van der Waals surface area contributed by atoms with Crippen LogP contribution in [0.3, 0.4) is 0 Å². The molecular weight excluding hydrogens is 233 g/mol. The van der Waals surface area contributed by atoms with E-state index < -0.39 is 7.37 Å². The number of rotatable bonds is 3. The summed E-state index contributed by atoms with van der Waals surface area (Å²) in [7, 11) is -0.790. The van der Waals surface area contributed by atoms with Gasteiger partial charge in [-0.3, -0.25) is 4.57 Å². The molecule has 1 aliphatic heterocycles. The van der Waals surface area contributed by atoms with Crippen molar-refractivity contribution in [1.29, 1.82) is 0 Å². The van der Waals surface area contributed by atoms with Crippen LogP contribution in [0.1, 0.15) is 25.2 Å². The number of nitrogens with zero attached hydrogens (tertiary/aromatic N) is 1. The molecule has 2 rings (SSSR count). The second-order valence-electron chi connectivity index (χ2n) is 4.23. The van der Waals surface area contributed by atoms with Gasteiger partial charge in [0.15, 0.2) is 0 Å². The highest BCUT2D eigenvalue weighted by Gasteiger charge is 2.42. The summed E-state index contributed by atoms with van der Waals surface area (Å²) in [4.78, 5) is 2.03. The summed E-state index contributed by atoms with van der Waals surface area (Å²) in [5.41, 5.74) is 2.05. The normalized spacial score (nSPS) is 28.3. The van der Waals surface area contributed by atoms with Gasteiger partial charge in [-0.05, 0) is 19.4 Å². The highest BCUT2D eigenvalue weighted by Crippen LogP contribution is 2.67. The van der Waals surface area contributed by atoms with Crippen LogP contribution in [0, 0.1) is 0 Å². The van der Waals surface area contributed by atoms with Gasteiger partial charge in [0.2, 0.25) is 0 Å². The molecule has 1 heterocycles. The molecule has 4 heteroatoms. The van der Waals surface area contributed by atoms with Crippen LogP contribution in [0.4, 0.5) is 0 Å². The van der Waals surface area contributed by atoms with Gasteiger partial charge < -0.3 is 9.42 Å². The van der Waals surface area contributed by atoms with Crippen molar-refractivity contribution in [3.8, 4) is 0 Å². The lowest BCUT2D eigenvalue weighted by atomic mass is 10.2. The Labute approximate surface area is 103 Å². The third-order valence-electron chi connectivity index (χ3n) is 3.06. The predicted molar refractivity (Wildman–Crippen MR) is 69.9 cm³/mol. The van der Waals surface area contributed by atoms with Gasteiger partial charge in [-0.15, -0.1) is 0 Å². The highest BCUT2D eigenvalue weighted by atomic mass is 31.2. The zero-order chi connectivity index (χ0) is 12.5. The summed E-state index contributed by atoms with van der Waals surface area (Å²) >= 11 is 0. The Balaban J connectivity index is 2.42. The fourth-order valence-electron chi connectivity index (χ4n) is 2.22. The Bertz CT molecular complexity index is 470. The number of hydrogen-bond acceptors (Lipinski definition) is 3. The smallest absolute Gasteiger partial charge is 0.253 e. The van der Waals surface area contributed by atoms with E-state index in [1.54, 1.807) is 5.82 Å². The minimum atomic E-state index is -2.75. The van der Waals surface area contributed by atoms with Gasteiger partial charge >= 0.3 is 0 Å². The van der Waals surface area contributed by atoms with Crippen LogP contribution in [0.25, 0.3) is 0 Å². The van der Waals surface area contributed by atoms with E-state index in [1.165, 1.54) is 0 Å². The number of benzene rings is 1. The largest absolute Gasteiger partial charge is 0.362 e. The molecule has 3 nitrogen and oxygen atoms in total. The van der Waals surface area contributed by atoms with Gasteiger partial charge in [-0.2, -0.15) is 0 Å². The first kappa shape index (κ1) is 12.4. The van der Waals surface area contributed by atoms with Crippen LogP contribution < -0.4 is 0 Å². The average molecular weight is 251 g/mol. The van der Waals surface area contributed by atoms with Crippen LogP contribution in [-0.4, -0.2) is 18.6 Å². The lowest BCUT2D eigenvalue weighted by Gasteiger charge is -2.27. The summed E-state index contributed by atoms with van der Waals surface area (Å²) in [6.07, 6.45) is 0. The van der Waals surface area contributed by atoms with Crippen molar-refractivity contribution < 1.29 is 9.09 Å². The molecule has 1 aromatic rings. The highest BCUT2D eigenvalue weighted by molar-refractivity contribution is 7.62. The molecule has 0 saturated carbocycles. The lowest BCUT2D eigenvalue weighted by molar-refractivity contribution is 0.305. The molecule has 0 aliphatic carbocycles. The van der Waals surface area contributed by atoms with E-state index in [1.807, 2.05) is 56.1 Å². The zero-order valence-corrected chi connectivity index (χ0v) is 11.4. The van der Waals surface area contributed by atoms with E-state index in [2.05, 4.69) is 0 Å². The van der Waals surface area contributed by atoms with Crippen LogP contribution in [0.5, 0.6) is 0 Å². The molecule has 1 aromatic carbocycles. The van der Waals surface area contributed by atoms with Gasteiger partial charge in [0.05, 0.1) is 6.61 Å². The third-order valence-corrected chi connectivity index (χ3v) is 5.78. The molecule has 17 heavy (non-hydrogen) atoms. The minimum Gasteiger partial charge on any atom is -0.362 e. The van der Waals surface area contributed by atoms with E-state index >= 15 is 0 Å². The molecule has 0 spiro atoms. The van der Waals surface area contributed by atoms with Crippen molar-refractivity contribution in [2.75, 3.05) is 13.7 Å². The SMILES string of the molecule is CCO[P@]1(=O)C=C(C)N(C)[C@@H]1c1ccccc1. The van der Waals surface area contributed by atoms with Gasteiger partial charge in [0.25, 0.3) is 7.37 Å². The molecule has 1 aliphatic rings. The van der Waals surface area contributed by atoms with Crippen LogP contribution >= 0.6 is 7.37 Å². The van der Waals surface area contributed by atoms with Gasteiger partial charge in [-0.1, -0.05) is 30.3 Å². The van der Waals surface area contributed by atoms with E-state index in [-0.39, 0.29) is 5.78 Å². The standard InChI is InChI=1S/C13H18NO2P/c1-4-16-17(15)10-11(2)14(3)13(17)12-8-6-5-7-9-12/h5-10,13H,4H2,1-3H3/t13-,17+/m0/s1. The monoisotopic (exact) mass is 251 g/mol.